The molecule has 1 aliphatic heterocycles. The van der Waals surface area contributed by atoms with Gasteiger partial charge in [0.25, 0.3) is 5.56 Å². The van der Waals surface area contributed by atoms with Crippen LogP contribution in [0.3, 0.4) is 0 Å². The summed E-state index contributed by atoms with van der Waals surface area (Å²) in [4.78, 5) is 12.2. The molecular weight excluding hydrogens is 338 g/mol. The second-order valence-corrected chi connectivity index (χ2v) is 6.23. The Balaban J connectivity index is 0.000000872. The molecular formula is C22H21N3O2. The number of nitrogens with one attached hydrogen (secondary N) is 2. The lowest BCUT2D eigenvalue weighted by Gasteiger charge is -2.33. The summed E-state index contributed by atoms with van der Waals surface area (Å²) in [5.41, 5.74) is 3.80. The third-order valence-corrected chi connectivity index (χ3v) is 4.84. The number of hydrogen-bond donors (Lipinski definition) is 2. The molecule has 27 heavy (non-hydrogen) atoms. The first-order valence-electron chi connectivity index (χ1n) is 9.18. The molecule has 2 unspecified atom stereocenters. The first-order valence-corrected chi connectivity index (χ1v) is 9.18. The molecule has 1 aliphatic rings. The topological polar surface area (TPSA) is 70.9 Å². The van der Waals surface area contributed by atoms with Gasteiger partial charge in [0, 0.05) is 16.6 Å². The lowest BCUT2D eigenvalue weighted by Crippen LogP contribution is -2.27. The number of rotatable bonds is 2. The molecule has 5 heteroatoms. The van der Waals surface area contributed by atoms with Crippen molar-refractivity contribution in [3.63, 3.8) is 0 Å². The van der Waals surface area contributed by atoms with Crippen LogP contribution in [-0.2, 0) is 0 Å². The van der Waals surface area contributed by atoms with Crippen molar-refractivity contribution in [3.8, 4) is 0 Å². The van der Waals surface area contributed by atoms with Gasteiger partial charge in [-0.3, -0.25) is 4.79 Å². The predicted molar refractivity (Wildman–Crippen MR) is 107 cm³/mol. The normalized spacial score (nSPS) is 17.7. The van der Waals surface area contributed by atoms with Gasteiger partial charge < -0.3 is 9.73 Å². The highest BCUT2D eigenvalue weighted by Crippen LogP contribution is 2.46. The molecule has 2 aromatic carbocycles. The fourth-order valence-corrected chi connectivity index (χ4v) is 3.74. The summed E-state index contributed by atoms with van der Waals surface area (Å²) >= 11 is 0. The molecule has 0 spiro atoms. The van der Waals surface area contributed by atoms with Crippen LogP contribution in [0.2, 0.25) is 0 Å². The van der Waals surface area contributed by atoms with Gasteiger partial charge in [0.2, 0.25) is 0 Å². The quantitative estimate of drug-likeness (QED) is 0.537. The number of hydrogen-bond acceptors (Lipinski definition) is 4. The molecule has 0 fully saturated rings. The van der Waals surface area contributed by atoms with Crippen LogP contribution in [0.15, 0.2) is 76.3 Å². The van der Waals surface area contributed by atoms with Gasteiger partial charge in [0.05, 0.1) is 35.6 Å². The molecule has 4 aromatic rings. The van der Waals surface area contributed by atoms with Crippen molar-refractivity contribution in [2.24, 2.45) is 0 Å². The molecule has 5 rings (SSSR count). The zero-order valence-corrected chi connectivity index (χ0v) is 15.3. The van der Waals surface area contributed by atoms with Crippen LogP contribution in [0.25, 0.3) is 10.8 Å². The summed E-state index contributed by atoms with van der Waals surface area (Å²) < 4.78 is 5.33. The molecule has 2 N–H and O–H groups in total. The van der Waals surface area contributed by atoms with Gasteiger partial charge in [-0.15, -0.1) is 0 Å². The van der Waals surface area contributed by atoms with Crippen LogP contribution in [0.4, 0.5) is 5.69 Å². The van der Waals surface area contributed by atoms with Crippen LogP contribution >= 0.6 is 0 Å². The van der Waals surface area contributed by atoms with Crippen molar-refractivity contribution in [1.29, 1.82) is 0 Å². The van der Waals surface area contributed by atoms with Crippen molar-refractivity contribution in [3.05, 3.63) is 94.3 Å². The first kappa shape index (κ1) is 17.1. The molecule has 5 nitrogen and oxygen atoms in total. The third kappa shape index (κ3) is 2.81. The van der Waals surface area contributed by atoms with E-state index in [2.05, 4.69) is 27.6 Å². The lowest BCUT2D eigenvalue weighted by molar-refractivity contribution is 0.554. The maximum atomic E-state index is 12.2. The summed E-state index contributed by atoms with van der Waals surface area (Å²) in [6, 6.07) is 17.9. The van der Waals surface area contributed by atoms with E-state index in [4.69, 9.17) is 4.42 Å². The number of aromatic nitrogens is 2. The first-order chi connectivity index (χ1) is 13.3. The van der Waals surface area contributed by atoms with Crippen molar-refractivity contribution < 1.29 is 4.42 Å². The maximum absolute atomic E-state index is 12.2. The summed E-state index contributed by atoms with van der Waals surface area (Å²) in [6.45, 7) is 4.00. The Morgan fingerprint density at radius 3 is 2.52 bits per heavy atom. The average Bonchev–Trinajstić information content (AvgIpc) is 3.27. The van der Waals surface area contributed by atoms with E-state index >= 15 is 0 Å². The van der Waals surface area contributed by atoms with Gasteiger partial charge in [0.1, 0.15) is 0 Å². The van der Waals surface area contributed by atoms with E-state index in [1.54, 1.807) is 12.5 Å². The minimum atomic E-state index is -0.175. The zero-order chi connectivity index (χ0) is 18.8. The number of benzene rings is 2. The maximum Gasteiger partial charge on any atom is 0.272 e. The highest BCUT2D eigenvalue weighted by molar-refractivity contribution is 5.97. The van der Waals surface area contributed by atoms with E-state index in [0.717, 1.165) is 27.9 Å². The highest BCUT2D eigenvalue weighted by Gasteiger charge is 2.35. The van der Waals surface area contributed by atoms with E-state index in [-0.39, 0.29) is 17.5 Å². The number of nitrogens with zero attached hydrogens (tertiary/aromatic N) is 1. The molecule has 136 valence electrons. The van der Waals surface area contributed by atoms with Crippen molar-refractivity contribution in [2.45, 2.75) is 25.8 Å². The number of furan rings is 1. The number of H-pyrrole nitrogens is 1. The van der Waals surface area contributed by atoms with Gasteiger partial charge in [-0.2, -0.15) is 5.10 Å². The second-order valence-electron chi connectivity index (χ2n) is 6.23. The van der Waals surface area contributed by atoms with Gasteiger partial charge >= 0.3 is 0 Å². The Bertz CT molecular complexity index is 1100. The highest BCUT2D eigenvalue weighted by atomic mass is 16.3. The minimum absolute atomic E-state index is 0.00435. The molecule has 0 aliphatic carbocycles. The molecule has 0 saturated heterocycles. The Hall–Kier alpha value is -3.34. The molecule has 2 aromatic heterocycles. The largest absolute Gasteiger partial charge is 0.472 e. The van der Waals surface area contributed by atoms with Crippen LogP contribution in [0.5, 0.6) is 0 Å². The Labute approximate surface area is 157 Å². The number of anilines is 1. The molecule has 0 saturated carbocycles. The zero-order valence-electron chi connectivity index (χ0n) is 15.3. The van der Waals surface area contributed by atoms with Gasteiger partial charge in [-0.05, 0) is 23.8 Å². The predicted octanol–water partition coefficient (Wildman–Crippen LogP) is 4.84. The molecule has 2 atom stereocenters. The standard InChI is InChI=1S/C20H15N3O2.C2H6/c24-20-14-7-4-8-15-17(14)19(22-23-20)16(13-9-10-25-11-13)18(21-15)12-5-2-1-3-6-12;1-2/h1-11,16,18,21H,(H,23,24);1-2H3. The summed E-state index contributed by atoms with van der Waals surface area (Å²) in [6.07, 6.45) is 3.41. The summed E-state index contributed by atoms with van der Waals surface area (Å²) in [5, 5.41) is 12.2. The smallest absolute Gasteiger partial charge is 0.272 e. The van der Waals surface area contributed by atoms with Crippen LogP contribution in [-0.4, -0.2) is 10.2 Å². The van der Waals surface area contributed by atoms with Gasteiger partial charge in [-0.25, -0.2) is 5.10 Å². The van der Waals surface area contributed by atoms with Crippen LogP contribution < -0.4 is 10.9 Å². The van der Waals surface area contributed by atoms with Gasteiger partial charge in [-0.1, -0.05) is 50.2 Å². The SMILES string of the molecule is CC.O=c1[nH]nc2c3c(cccc13)NC(c1ccccc1)C2c1ccoc1. The molecule has 0 amide bonds. The Kier molecular flexibility index (Phi) is 4.50. The fourth-order valence-electron chi connectivity index (χ4n) is 3.74. The van der Waals surface area contributed by atoms with Crippen LogP contribution in [0, 0.1) is 0 Å². The Morgan fingerprint density at radius 2 is 1.78 bits per heavy atom. The van der Waals surface area contributed by atoms with Crippen LogP contribution in [0.1, 0.15) is 42.6 Å². The minimum Gasteiger partial charge on any atom is -0.472 e. The van der Waals surface area contributed by atoms with E-state index in [9.17, 15) is 4.79 Å². The van der Waals surface area contributed by atoms with E-state index in [1.807, 2.05) is 56.3 Å². The number of aromatic amines is 1. The Morgan fingerprint density at radius 1 is 0.963 bits per heavy atom. The van der Waals surface area contributed by atoms with Crippen molar-refractivity contribution in [2.75, 3.05) is 5.32 Å². The summed E-state index contributed by atoms with van der Waals surface area (Å²) in [7, 11) is 0. The lowest BCUT2D eigenvalue weighted by atomic mass is 9.81. The van der Waals surface area contributed by atoms with E-state index in [1.165, 1.54) is 0 Å². The molecule has 3 heterocycles. The van der Waals surface area contributed by atoms with E-state index < -0.39 is 0 Å². The van der Waals surface area contributed by atoms with Crippen molar-refractivity contribution >= 4 is 16.5 Å². The van der Waals surface area contributed by atoms with E-state index in [0.29, 0.717) is 5.39 Å². The molecule has 0 radical (unpaired) electrons. The summed E-state index contributed by atoms with van der Waals surface area (Å²) in [5.74, 6) is -0.0598. The van der Waals surface area contributed by atoms with Crippen molar-refractivity contribution in [1.82, 2.24) is 10.2 Å². The third-order valence-electron chi connectivity index (χ3n) is 4.84. The monoisotopic (exact) mass is 359 g/mol. The van der Waals surface area contributed by atoms with Gasteiger partial charge in [0.15, 0.2) is 0 Å². The average molecular weight is 359 g/mol. The molecule has 0 bridgehead atoms. The second kappa shape index (κ2) is 7.11. The fraction of sp³-hybridized carbons (Fsp3) is 0.182.